The van der Waals surface area contributed by atoms with Gasteiger partial charge in [0.15, 0.2) is 11.5 Å². The van der Waals surface area contributed by atoms with Crippen molar-refractivity contribution in [3.8, 4) is 11.5 Å². The monoisotopic (exact) mass is 327 g/mol. The molecule has 24 heavy (non-hydrogen) atoms. The molecule has 1 aliphatic heterocycles. The van der Waals surface area contributed by atoms with E-state index in [2.05, 4.69) is 5.32 Å². The Morgan fingerprint density at radius 1 is 1.08 bits per heavy atom. The van der Waals surface area contributed by atoms with Gasteiger partial charge < -0.3 is 19.5 Å². The number of para-hydroxylation sites is 1. The smallest absolute Gasteiger partial charge is 0.339 e. The summed E-state index contributed by atoms with van der Waals surface area (Å²) >= 11 is 0. The normalized spacial score (nSPS) is 12.4. The number of esters is 1. The second-order valence-corrected chi connectivity index (χ2v) is 5.24. The number of fused-ring (bicyclic) bond motifs is 1. The van der Waals surface area contributed by atoms with Crippen molar-refractivity contribution in [2.45, 2.75) is 6.42 Å². The SMILES string of the molecule is COC(=O)c1ccccc1NC(=O)Cc1ccc2c(c1)OCCO2. The van der Waals surface area contributed by atoms with Crippen LogP contribution in [0.25, 0.3) is 0 Å². The Labute approximate surface area is 139 Å². The van der Waals surface area contributed by atoms with E-state index >= 15 is 0 Å². The van der Waals surface area contributed by atoms with Crippen LogP contribution in [-0.2, 0) is 16.0 Å². The molecule has 0 atom stereocenters. The highest BCUT2D eigenvalue weighted by molar-refractivity contribution is 6.01. The first kappa shape index (κ1) is 15.9. The van der Waals surface area contributed by atoms with Crippen molar-refractivity contribution in [2.24, 2.45) is 0 Å². The number of carbonyl (C=O) groups excluding carboxylic acids is 2. The fraction of sp³-hybridized carbons (Fsp3) is 0.222. The van der Waals surface area contributed by atoms with Crippen LogP contribution < -0.4 is 14.8 Å². The maximum absolute atomic E-state index is 12.3. The number of nitrogens with one attached hydrogen (secondary N) is 1. The minimum absolute atomic E-state index is 0.159. The highest BCUT2D eigenvalue weighted by atomic mass is 16.6. The van der Waals surface area contributed by atoms with E-state index in [4.69, 9.17) is 14.2 Å². The van der Waals surface area contributed by atoms with Crippen LogP contribution in [0.4, 0.5) is 5.69 Å². The average Bonchev–Trinajstić information content (AvgIpc) is 2.61. The van der Waals surface area contributed by atoms with Crippen LogP contribution in [0.15, 0.2) is 42.5 Å². The molecule has 2 aromatic rings. The molecule has 0 aliphatic carbocycles. The van der Waals surface area contributed by atoms with Gasteiger partial charge in [-0.2, -0.15) is 0 Å². The summed E-state index contributed by atoms with van der Waals surface area (Å²) in [7, 11) is 1.30. The molecular weight excluding hydrogens is 310 g/mol. The van der Waals surface area contributed by atoms with Gasteiger partial charge in [0.25, 0.3) is 0 Å². The molecule has 1 heterocycles. The van der Waals surface area contributed by atoms with E-state index in [0.717, 1.165) is 5.56 Å². The molecule has 0 radical (unpaired) electrons. The van der Waals surface area contributed by atoms with Crippen molar-refractivity contribution in [1.29, 1.82) is 0 Å². The first-order valence-electron chi connectivity index (χ1n) is 7.53. The van der Waals surface area contributed by atoms with Crippen LogP contribution in [-0.4, -0.2) is 32.2 Å². The molecule has 0 saturated carbocycles. The third-order valence-corrected chi connectivity index (χ3v) is 3.58. The molecule has 6 nitrogen and oxygen atoms in total. The Balaban J connectivity index is 1.71. The molecule has 1 amide bonds. The van der Waals surface area contributed by atoms with E-state index in [1.165, 1.54) is 7.11 Å². The molecule has 6 heteroatoms. The number of anilines is 1. The summed E-state index contributed by atoms with van der Waals surface area (Å²) in [4.78, 5) is 24.0. The third-order valence-electron chi connectivity index (χ3n) is 3.58. The van der Waals surface area contributed by atoms with Crippen LogP contribution in [0.5, 0.6) is 11.5 Å². The Hall–Kier alpha value is -3.02. The summed E-state index contributed by atoms with van der Waals surface area (Å²) in [6, 6.07) is 12.1. The van der Waals surface area contributed by atoms with Crippen molar-refractivity contribution in [3.63, 3.8) is 0 Å². The standard InChI is InChI=1S/C18H17NO5/c1-22-18(21)13-4-2-3-5-14(13)19-17(20)11-12-6-7-15-16(10-12)24-9-8-23-15/h2-7,10H,8-9,11H2,1H3,(H,19,20). The number of amides is 1. The summed E-state index contributed by atoms with van der Waals surface area (Å²) in [5.41, 5.74) is 1.54. The molecule has 2 aromatic carbocycles. The Kier molecular flexibility index (Phi) is 4.65. The Morgan fingerprint density at radius 3 is 2.62 bits per heavy atom. The number of rotatable bonds is 4. The molecule has 1 aliphatic rings. The lowest BCUT2D eigenvalue weighted by atomic mass is 10.1. The quantitative estimate of drug-likeness (QED) is 0.873. The first-order chi connectivity index (χ1) is 11.7. The van der Waals surface area contributed by atoms with Crippen LogP contribution >= 0.6 is 0 Å². The number of hydrogen-bond donors (Lipinski definition) is 1. The summed E-state index contributed by atoms with van der Waals surface area (Å²) in [6.45, 7) is 1.02. The third kappa shape index (κ3) is 3.48. The molecule has 0 saturated heterocycles. The molecule has 0 fully saturated rings. The largest absolute Gasteiger partial charge is 0.486 e. The van der Waals surface area contributed by atoms with Crippen molar-refractivity contribution in [1.82, 2.24) is 0 Å². The highest BCUT2D eigenvalue weighted by Gasteiger charge is 2.15. The number of methoxy groups -OCH3 is 1. The fourth-order valence-corrected chi connectivity index (χ4v) is 2.46. The van der Waals surface area contributed by atoms with Crippen LogP contribution in [0.1, 0.15) is 15.9 Å². The van der Waals surface area contributed by atoms with E-state index in [1.54, 1.807) is 36.4 Å². The Morgan fingerprint density at radius 2 is 1.83 bits per heavy atom. The van der Waals surface area contributed by atoms with Gasteiger partial charge in [0.1, 0.15) is 13.2 Å². The second kappa shape index (κ2) is 7.04. The zero-order valence-electron chi connectivity index (χ0n) is 13.2. The van der Waals surface area contributed by atoms with Gasteiger partial charge in [-0.1, -0.05) is 18.2 Å². The molecule has 0 aromatic heterocycles. The lowest BCUT2D eigenvalue weighted by Crippen LogP contribution is -2.18. The summed E-state index contributed by atoms with van der Waals surface area (Å²) in [5, 5.41) is 2.74. The van der Waals surface area contributed by atoms with E-state index in [0.29, 0.717) is 36.0 Å². The van der Waals surface area contributed by atoms with E-state index < -0.39 is 5.97 Å². The zero-order chi connectivity index (χ0) is 16.9. The molecule has 124 valence electrons. The summed E-state index contributed by atoms with van der Waals surface area (Å²) < 4.78 is 15.7. The van der Waals surface area contributed by atoms with Gasteiger partial charge in [0.05, 0.1) is 24.8 Å². The van der Waals surface area contributed by atoms with Crippen molar-refractivity contribution < 1.29 is 23.8 Å². The zero-order valence-corrected chi connectivity index (χ0v) is 13.2. The predicted molar refractivity (Wildman–Crippen MR) is 87.5 cm³/mol. The number of benzene rings is 2. The number of hydrogen-bond acceptors (Lipinski definition) is 5. The molecular formula is C18H17NO5. The minimum atomic E-state index is -0.495. The molecule has 0 bridgehead atoms. The number of ether oxygens (including phenoxy) is 3. The first-order valence-corrected chi connectivity index (χ1v) is 7.53. The lowest BCUT2D eigenvalue weighted by Gasteiger charge is -2.18. The number of carbonyl (C=O) groups is 2. The van der Waals surface area contributed by atoms with Gasteiger partial charge in [-0.3, -0.25) is 4.79 Å². The van der Waals surface area contributed by atoms with Crippen molar-refractivity contribution >= 4 is 17.6 Å². The Bertz CT molecular complexity index is 772. The maximum atomic E-state index is 12.3. The van der Waals surface area contributed by atoms with Crippen molar-refractivity contribution in [2.75, 3.05) is 25.6 Å². The lowest BCUT2D eigenvalue weighted by molar-refractivity contribution is -0.115. The van der Waals surface area contributed by atoms with E-state index in [1.807, 2.05) is 6.07 Å². The van der Waals surface area contributed by atoms with Crippen molar-refractivity contribution in [3.05, 3.63) is 53.6 Å². The molecule has 3 rings (SSSR count). The topological polar surface area (TPSA) is 73.9 Å². The predicted octanol–water partition coefficient (Wildman–Crippen LogP) is 2.43. The summed E-state index contributed by atoms with van der Waals surface area (Å²) in [6.07, 6.45) is 0.159. The molecule has 1 N–H and O–H groups in total. The van der Waals surface area contributed by atoms with Gasteiger partial charge in [-0.05, 0) is 29.8 Å². The van der Waals surface area contributed by atoms with Gasteiger partial charge in [-0.15, -0.1) is 0 Å². The minimum Gasteiger partial charge on any atom is -0.486 e. The van der Waals surface area contributed by atoms with Gasteiger partial charge in [0.2, 0.25) is 5.91 Å². The van der Waals surface area contributed by atoms with Gasteiger partial charge in [-0.25, -0.2) is 4.79 Å². The van der Waals surface area contributed by atoms with Crippen LogP contribution in [0.2, 0.25) is 0 Å². The molecule has 0 unspecified atom stereocenters. The summed E-state index contributed by atoms with van der Waals surface area (Å²) in [5.74, 6) is 0.594. The van der Waals surface area contributed by atoms with Crippen LogP contribution in [0, 0.1) is 0 Å². The second-order valence-electron chi connectivity index (χ2n) is 5.24. The van der Waals surface area contributed by atoms with E-state index in [-0.39, 0.29) is 12.3 Å². The van der Waals surface area contributed by atoms with Gasteiger partial charge in [0, 0.05) is 0 Å². The van der Waals surface area contributed by atoms with Gasteiger partial charge >= 0.3 is 5.97 Å². The average molecular weight is 327 g/mol. The molecule has 0 spiro atoms. The van der Waals surface area contributed by atoms with Crippen LogP contribution in [0.3, 0.4) is 0 Å². The fourth-order valence-electron chi connectivity index (χ4n) is 2.46. The highest BCUT2D eigenvalue weighted by Crippen LogP contribution is 2.31. The van der Waals surface area contributed by atoms with E-state index in [9.17, 15) is 9.59 Å². The maximum Gasteiger partial charge on any atom is 0.339 e.